The van der Waals surface area contributed by atoms with Crippen molar-refractivity contribution in [2.24, 2.45) is 0 Å². The van der Waals surface area contributed by atoms with Crippen LogP contribution in [0, 0.1) is 0 Å². The summed E-state index contributed by atoms with van der Waals surface area (Å²) in [5.41, 5.74) is 0. The van der Waals surface area contributed by atoms with Crippen molar-refractivity contribution in [2.75, 3.05) is 0 Å². The molecule has 1 aliphatic heterocycles. The monoisotopic (exact) mass is 394 g/mol. The Morgan fingerprint density at radius 2 is 1.71 bits per heavy atom. The maximum Gasteiger partial charge on any atom is 0.303 e. The van der Waals surface area contributed by atoms with Gasteiger partial charge in [-0.15, -0.1) is 0 Å². The molecule has 0 aromatic rings. The molecule has 0 radical (unpaired) electrons. The van der Waals surface area contributed by atoms with Gasteiger partial charge in [0, 0.05) is 12.8 Å². The fourth-order valence-electron chi connectivity index (χ4n) is 2.90. The molecule has 0 saturated carbocycles. The molecule has 6 heteroatoms. The zero-order valence-electron chi connectivity index (χ0n) is 16.6. The van der Waals surface area contributed by atoms with E-state index in [2.05, 4.69) is 0 Å². The summed E-state index contributed by atoms with van der Waals surface area (Å²) in [6, 6.07) is 0. The van der Waals surface area contributed by atoms with Crippen LogP contribution in [-0.2, 0) is 9.53 Å². The van der Waals surface area contributed by atoms with Crippen LogP contribution in [0.15, 0.2) is 48.6 Å². The minimum absolute atomic E-state index is 0.158. The van der Waals surface area contributed by atoms with Crippen LogP contribution in [0.2, 0.25) is 0 Å². The Hall–Kier alpha value is -1.73. The average Bonchev–Trinajstić information content (AvgIpc) is 3.04. The summed E-state index contributed by atoms with van der Waals surface area (Å²) in [6.45, 7) is 1.93. The van der Waals surface area contributed by atoms with Gasteiger partial charge in [0.1, 0.15) is 0 Å². The van der Waals surface area contributed by atoms with E-state index in [-0.39, 0.29) is 12.5 Å². The van der Waals surface area contributed by atoms with Crippen LogP contribution < -0.4 is 0 Å². The molecule has 0 amide bonds. The number of carboxylic acids is 1. The Labute approximate surface area is 167 Å². The number of carboxylic acid groups (broad SMARTS) is 1. The van der Waals surface area contributed by atoms with Crippen LogP contribution in [0.25, 0.3) is 0 Å². The van der Waals surface area contributed by atoms with Crippen LogP contribution in [0.4, 0.5) is 0 Å². The minimum atomic E-state index is -0.837. The molecule has 0 bridgehead atoms. The lowest BCUT2D eigenvalue weighted by Crippen LogP contribution is -2.24. The van der Waals surface area contributed by atoms with Gasteiger partial charge in [-0.2, -0.15) is 0 Å². The van der Waals surface area contributed by atoms with Gasteiger partial charge in [0.15, 0.2) is 0 Å². The summed E-state index contributed by atoms with van der Waals surface area (Å²) in [6.07, 6.45) is 15.9. The number of aliphatic hydroxyl groups excluding tert-OH is 3. The molecule has 5 atom stereocenters. The smallest absolute Gasteiger partial charge is 0.303 e. The molecule has 4 N–H and O–H groups in total. The Kier molecular flexibility index (Phi) is 12.4. The minimum Gasteiger partial charge on any atom is -0.481 e. The maximum absolute atomic E-state index is 10.3. The molecule has 6 nitrogen and oxygen atoms in total. The first-order chi connectivity index (χ1) is 13.4. The second kappa shape index (κ2) is 14.3. The molecule has 1 heterocycles. The first-order valence-corrected chi connectivity index (χ1v) is 9.98. The standard InChI is InChI=1S/C22H34O6/c1-2-20-19(25)16-21(28-20)18(24)15-14-17(23)12-10-8-6-4-3-5-7-9-11-13-22(26)27/h3-4,7-10,14-15,17-21,23-25H,2,5-6,11-13,16H2,1H3,(H,26,27)/b4-3-,9-7-,10-8-,15-14+/t17-,18-,19+,20+,21-/m1/s1. The van der Waals surface area contributed by atoms with Crippen molar-refractivity contribution in [2.45, 2.75) is 82.4 Å². The van der Waals surface area contributed by atoms with E-state index < -0.39 is 30.4 Å². The second-order valence-electron chi connectivity index (χ2n) is 6.92. The van der Waals surface area contributed by atoms with E-state index in [0.29, 0.717) is 25.7 Å². The van der Waals surface area contributed by atoms with Crippen LogP contribution in [-0.4, -0.2) is 56.9 Å². The van der Waals surface area contributed by atoms with Gasteiger partial charge in [-0.05, 0) is 32.1 Å². The summed E-state index contributed by atoms with van der Waals surface area (Å²) in [5, 5.41) is 38.4. The Morgan fingerprint density at radius 3 is 2.32 bits per heavy atom. The van der Waals surface area contributed by atoms with Gasteiger partial charge in [-0.25, -0.2) is 0 Å². The molecule has 0 spiro atoms. The maximum atomic E-state index is 10.3. The van der Waals surface area contributed by atoms with Crippen LogP contribution in [0.3, 0.4) is 0 Å². The molecule has 0 aliphatic carbocycles. The summed E-state index contributed by atoms with van der Waals surface area (Å²) >= 11 is 0. The fraction of sp³-hybridized carbons (Fsp3) is 0.591. The van der Waals surface area contributed by atoms with E-state index in [1.807, 2.05) is 43.4 Å². The third kappa shape index (κ3) is 10.6. The summed E-state index contributed by atoms with van der Waals surface area (Å²) in [5.74, 6) is -0.785. The van der Waals surface area contributed by atoms with Crippen LogP contribution in [0.1, 0.15) is 51.9 Å². The van der Waals surface area contributed by atoms with E-state index in [9.17, 15) is 20.1 Å². The molecule has 0 aromatic heterocycles. The lowest BCUT2D eigenvalue weighted by molar-refractivity contribution is -0.136. The van der Waals surface area contributed by atoms with Gasteiger partial charge >= 0.3 is 5.97 Å². The summed E-state index contributed by atoms with van der Waals surface area (Å²) in [4.78, 5) is 10.3. The fourth-order valence-corrected chi connectivity index (χ4v) is 2.90. The molecular formula is C22H34O6. The zero-order chi connectivity index (χ0) is 20.8. The molecule has 1 rings (SSSR count). The molecule has 28 heavy (non-hydrogen) atoms. The number of hydrogen-bond donors (Lipinski definition) is 4. The molecule has 1 aliphatic rings. The third-order valence-corrected chi connectivity index (χ3v) is 4.51. The topological polar surface area (TPSA) is 107 Å². The van der Waals surface area contributed by atoms with Crippen molar-refractivity contribution >= 4 is 5.97 Å². The summed E-state index contributed by atoms with van der Waals surface area (Å²) < 4.78 is 5.61. The van der Waals surface area contributed by atoms with Crippen molar-refractivity contribution in [1.82, 2.24) is 0 Å². The Morgan fingerprint density at radius 1 is 1.07 bits per heavy atom. The van der Waals surface area contributed by atoms with Crippen molar-refractivity contribution in [3.63, 3.8) is 0 Å². The normalized spacial score (nSPS) is 25.5. The molecule has 0 aromatic carbocycles. The molecule has 1 saturated heterocycles. The third-order valence-electron chi connectivity index (χ3n) is 4.51. The van der Waals surface area contributed by atoms with Crippen molar-refractivity contribution < 1.29 is 30.0 Å². The van der Waals surface area contributed by atoms with E-state index in [0.717, 1.165) is 12.8 Å². The average molecular weight is 395 g/mol. The molecule has 158 valence electrons. The predicted octanol–water partition coefficient (Wildman–Crippen LogP) is 2.90. The molecule has 0 unspecified atom stereocenters. The van der Waals surface area contributed by atoms with Crippen molar-refractivity contribution in [3.8, 4) is 0 Å². The highest BCUT2D eigenvalue weighted by Gasteiger charge is 2.35. The summed E-state index contributed by atoms with van der Waals surface area (Å²) in [7, 11) is 0. The highest BCUT2D eigenvalue weighted by molar-refractivity contribution is 5.66. The van der Waals surface area contributed by atoms with E-state index >= 15 is 0 Å². The lowest BCUT2D eigenvalue weighted by Gasteiger charge is -2.16. The van der Waals surface area contributed by atoms with E-state index in [4.69, 9.17) is 9.84 Å². The quantitative estimate of drug-likeness (QED) is 0.358. The van der Waals surface area contributed by atoms with Gasteiger partial charge in [0.2, 0.25) is 0 Å². The molecular weight excluding hydrogens is 360 g/mol. The second-order valence-corrected chi connectivity index (χ2v) is 6.92. The number of rotatable bonds is 13. The Bertz CT molecular complexity index is 551. The largest absolute Gasteiger partial charge is 0.481 e. The van der Waals surface area contributed by atoms with Crippen LogP contribution in [0.5, 0.6) is 0 Å². The molecule has 1 fully saturated rings. The van der Waals surface area contributed by atoms with Crippen molar-refractivity contribution in [3.05, 3.63) is 48.6 Å². The lowest BCUT2D eigenvalue weighted by atomic mass is 10.1. The number of ether oxygens (including phenoxy) is 1. The van der Waals surface area contributed by atoms with Crippen LogP contribution >= 0.6 is 0 Å². The predicted molar refractivity (Wildman–Crippen MR) is 109 cm³/mol. The van der Waals surface area contributed by atoms with Crippen molar-refractivity contribution in [1.29, 1.82) is 0 Å². The number of aliphatic carboxylic acids is 1. The highest BCUT2D eigenvalue weighted by Crippen LogP contribution is 2.25. The number of carbonyl (C=O) groups is 1. The highest BCUT2D eigenvalue weighted by atomic mass is 16.5. The van der Waals surface area contributed by atoms with E-state index in [1.54, 1.807) is 6.08 Å². The van der Waals surface area contributed by atoms with Gasteiger partial charge in [-0.1, -0.05) is 55.5 Å². The Balaban J connectivity index is 2.16. The van der Waals surface area contributed by atoms with Gasteiger partial charge < -0.3 is 25.2 Å². The van der Waals surface area contributed by atoms with E-state index in [1.165, 1.54) is 6.08 Å². The number of hydrogen-bond acceptors (Lipinski definition) is 5. The number of allylic oxidation sites excluding steroid dienone is 5. The SMILES string of the molecule is CC[C@@H]1O[C@@H]([C@H](O)/C=C/[C@H](O)C/C=C\C/C=C\C/C=C\CCC(=O)O)C[C@@H]1O. The zero-order valence-corrected chi connectivity index (χ0v) is 16.6. The first-order valence-electron chi connectivity index (χ1n) is 9.98. The van der Waals surface area contributed by atoms with Gasteiger partial charge in [0.25, 0.3) is 0 Å². The van der Waals surface area contributed by atoms with Gasteiger partial charge in [-0.3, -0.25) is 4.79 Å². The van der Waals surface area contributed by atoms with Gasteiger partial charge in [0.05, 0.1) is 30.5 Å². The number of aliphatic hydroxyl groups is 3. The first kappa shape index (κ1) is 24.3.